The van der Waals surface area contributed by atoms with Crippen LogP contribution in [-0.4, -0.2) is 52.5 Å². The van der Waals surface area contributed by atoms with Crippen molar-refractivity contribution in [3.05, 3.63) is 54.1 Å². The van der Waals surface area contributed by atoms with E-state index in [1.807, 2.05) is 12.5 Å². The quantitative estimate of drug-likeness (QED) is 0.360. The van der Waals surface area contributed by atoms with Gasteiger partial charge in [-0.1, -0.05) is 24.3 Å². The van der Waals surface area contributed by atoms with Gasteiger partial charge in [-0.2, -0.15) is 0 Å². The lowest BCUT2D eigenvalue weighted by Crippen LogP contribution is -2.51. The summed E-state index contributed by atoms with van der Waals surface area (Å²) in [5.41, 5.74) is 2.51. The van der Waals surface area contributed by atoms with E-state index < -0.39 is 0 Å². The first-order valence-electron chi connectivity index (χ1n) is 10.5. The molecule has 30 heavy (non-hydrogen) atoms. The van der Waals surface area contributed by atoms with E-state index in [0.29, 0.717) is 13.0 Å². The number of hydrogen-bond acceptors (Lipinski definition) is 3. The third-order valence-corrected chi connectivity index (χ3v) is 5.85. The average Bonchev–Trinajstić information content (AvgIpc) is 3.36. The minimum absolute atomic E-state index is 0. The molecule has 162 valence electrons. The zero-order valence-electron chi connectivity index (χ0n) is 17.5. The van der Waals surface area contributed by atoms with Crippen LogP contribution in [0.1, 0.15) is 37.3 Å². The van der Waals surface area contributed by atoms with E-state index in [9.17, 15) is 4.79 Å². The second-order valence-corrected chi connectivity index (χ2v) is 8.20. The van der Waals surface area contributed by atoms with Gasteiger partial charge in [0.2, 0.25) is 5.91 Å². The highest BCUT2D eigenvalue weighted by atomic mass is 127. The molecule has 2 aliphatic heterocycles. The van der Waals surface area contributed by atoms with Crippen molar-refractivity contribution in [2.75, 3.05) is 26.2 Å². The number of aliphatic imine (C=N–C) groups is 1. The lowest BCUT2D eigenvalue weighted by Gasteiger charge is -2.40. The summed E-state index contributed by atoms with van der Waals surface area (Å²) in [6.45, 7) is 7.08. The lowest BCUT2D eigenvalue weighted by atomic mass is 9.79. The Labute approximate surface area is 195 Å². The first-order chi connectivity index (χ1) is 14.2. The highest BCUT2D eigenvalue weighted by Gasteiger charge is 2.42. The number of carbonyl (C=O) groups excluding carboxylic acids is 1. The molecular weight excluding hydrogens is 491 g/mol. The van der Waals surface area contributed by atoms with Gasteiger partial charge in [0.05, 0.1) is 12.9 Å². The van der Waals surface area contributed by atoms with Crippen molar-refractivity contribution < 1.29 is 4.79 Å². The number of carbonyl (C=O) groups is 1. The molecule has 1 amide bonds. The molecule has 0 radical (unpaired) electrons. The maximum Gasteiger partial charge on any atom is 0.220 e. The van der Waals surface area contributed by atoms with Crippen LogP contribution >= 0.6 is 24.0 Å². The SMILES string of the molecule is CCNC(=NCc1ccc(Cn2ccnc2)cc1)N1CCCC2(CNC(=O)C2)C1.I. The Morgan fingerprint density at radius 2 is 2.10 bits per heavy atom. The molecule has 2 aliphatic rings. The van der Waals surface area contributed by atoms with Crippen LogP contribution in [0, 0.1) is 5.41 Å². The second kappa shape index (κ2) is 10.3. The van der Waals surface area contributed by atoms with Crippen molar-refractivity contribution in [3.63, 3.8) is 0 Å². The normalized spacial score (nSPS) is 21.4. The van der Waals surface area contributed by atoms with Crippen molar-refractivity contribution in [3.8, 4) is 0 Å². The summed E-state index contributed by atoms with van der Waals surface area (Å²) in [5, 5.41) is 6.46. The Bertz CT molecular complexity index is 851. The number of rotatable bonds is 5. The molecule has 2 aromatic rings. The third-order valence-electron chi connectivity index (χ3n) is 5.85. The summed E-state index contributed by atoms with van der Waals surface area (Å²) in [6, 6.07) is 8.61. The van der Waals surface area contributed by atoms with Gasteiger partial charge < -0.3 is 20.1 Å². The van der Waals surface area contributed by atoms with Crippen molar-refractivity contribution in [1.29, 1.82) is 0 Å². The van der Waals surface area contributed by atoms with E-state index in [1.165, 1.54) is 11.1 Å². The molecule has 2 N–H and O–H groups in total. The van der Waals surface area contributed by atoms with E-state index in [2.05, 4.69) is 56.3 Å². The summed E-state index contributed by atoms with van der Waals surface area (Å²) in [6.07, 6.45) is 8.46. The summed E-state index contributed by atoms with van der Waals surface area (Å²) in [5.74, 6) is 1.14. The van der Waals surface area contributed by atoms with Gasteiger partial charge in [0, 0.05) is 57.0 Å². The van der Waals surface area contributed by atoms with Gasteiger partial charge in [-0.25, -0.2) is 9.98 Å². The summed E-state index contributed by atoms with van der Waals surface area (Å²) >= 11 is 0. The average molecular weight is 522 g/mol. The Hall–Kier alpha value is -2.10. The Balaban J connectivity index is 0.00000256. The minimum atomic E-state index is 0. The molecule has 1 aromatic heterocycles. The third kappa shape index (κ3) is 5.53. The molecule has 1 spiro atoms. The molecule has 8 heteroatoms. The molecule has 3 heterocycles. The fraction of sp³-hybridized carbons (Fsp3) is 0.500. The van der Waals surface area contributed by atoms with Gasteiger partial charge in [-0.15, -0.1) is 24.0 Å². The number of guanidine groups is 1. The van der Waals surface area contributed by atoms with Crippen LogP contribution in [0.2, 0.25) is 0 Å². The van der Waals surface area contributed by atoms with Crippen LogP contribution in [0.5, 0.6) is 0 Å². The van der Waals surface area contributed by atoms with Gasteiger partial charge in [-0.05, 0) is 30.9 Å². The maximum absolute atomic E-state index is 11.8. The topological polar surface area (TPSA) is 74.6 Å². The number of hydrogen-bond donors (Lipinski definition) is 2. The number of piperidine rings is 1. The van der Waals surface area contributed by atoms with Crippen LogP contribution in [-0.2, 0) is 17.9 Å². The van der Waals surface area contributed by atoms with Crippen LogP contribution < -0.4 is 10.6 Å². The second-order valence-electron chi connectivity index (χ2n) is 8.20. The van der Waals surface area contributed by atoms with Crippen LogP contribution in [0.25, 0.3) is 0 Å². The molecule has 0 aliphatic carbocycles. The molecule has 7 nitrogen and oxygen atoms in total. The molecule has 0 saturated carbocycles. The van der Waals surface area contributed by atoms with Crippen LogP contribution in [0.4, 0.5) is 0 Å². The summed E-state index contributed by atoms with van der Waals surface area (Å²) in [7, 11) is 0. The predicted molar refractivity (Wildman–Crippen MR) is 129 cm³/mol. The summed E-state index contributed by atoms with van der Waals surface area (Å²) in [4.78, 5) is 23.1. The van der Waals surface area contributed by atoms with E-state index >= 15 is 0 Å². The van der Waals surface area contributed by atoms with Gasteiger partial charge in [0.1, 0.15) is 0 Å². The van der Waals surface area contributed by atoms with Crippen molar-refractivity contribution in [2.45, 2.75) is 39.3 Å². The number of imidazole rings is 1. The van der Waals surface area contributed by atoms with Crippen LogP contribution in [0.15, 0.2) is 48.0 Å². The van der Waals surface area contributed by atoms with E-state index in [4.69, 9.17) is 4.99 Å². The summed E-state index contributed by atoms with van der Waals surface area (Å²) < 4.78 is 2.06. The minimum Gasteiger partial charge on any atom is -0.357 e. The Morgan fingerprint density at radius 3 is 2.77 bits per heavy atom. The van der Waals surface area contributed by atoms with E-state index in [0.717, 1.165) is 51.5 Å². The largest absolute Gasteiger partial charge is 0.357 e. The van der Waals surface area contributed by atoms with E-state index in [-0.39, 0.29) is 35.3 Å². The number of halogens is 1. The Kier molecular flexibility index (Phi) is 7.74. The molecule has 1 unspecified atom stereocenters. The number of likely N-dealkylation sites (tertiary alicyclic amines) is 1. The van der Waals surface area contributed by atoms with Crippen LogP contribution in [0.3, 0.4) is 0 Å². The first kappa shape index (κ1) is 22.6. The fourth-order valence-electron chi connectivity index (χ4n) is 4.36. The Morgan fingerprint density at radius 1 is 1.30 bits per heavy atom. The maximum atomic E-state index is 11.8. The first-order valence-corrected chi connectivity index (χ1v) is 10.5. The molecule has 0 bridgehead atoms. The molecule has 1 atom stereocenters. The van der Waals surface area contributed by atoms with Crippen molar-refractivity contribution in [2.24, 2.45) is 10.4 Å². The lowest BCUT2D eigenvalue weighted by molar-refractivity contribution is -0.119. The zero-order valence-corrected chi connectivity index (χ0v) is 19.8. The number of amides is 1. The standard InChI is InChI=1S/C22H30N6O.HI/c1-2-24-21(28-10-3-8-22(16-28)12-20(29)26-15-22)25-13-18-4-6-19(7-5-18)14-27-11-9-23-17-27;/h4-7,9,11,17H,2-3,8,10,12-16H2,1H3,(H,24,25)(H,26,29);1H. The van der Waals surface area contributed by atoms with E-state index in [1.54, 1.807) is 6.20 Å². The zero-order chi connectivity index (χ0) is 20.1. The molecule has 1 aromatic carbocycles. The molecule has 4 rings (SSSR count). The number of nitrogens with one attached hydrogen (secondary N) is 2. The highest BCUT2D eigenvalue weighted by molar-refractivity contribution is 14.0. The van der Waals surface area contributed by atoms with Crippen molar-refractivity contribution >= 4 is 35.8 Å². The number of nitrogens with zero attached hydrogens (tertiary/aromatic N) is 4. The van der Waals surface area contributed by atoms with Gasteiger partial charge in [0.15, 0.2) is 5.96 Å². The fourth-order valence-corrected chi connectivity index (χ4v) is 4.36. The van der Waals surface area contributed by atoms with Crippen molar-refractivity contribution in [1.82, 2.24) is 25.1 Å². The number of aromatic nitrogens is 2. The van der Waals surface area contributed by atoms with Gasteiger partial charge >= 0.3 is 0 Å². The predicted octanol–water partition coefficient (Wildman–Crippen LogP) is 2.62. The smallest absolute Gasteiger partial charge is 0.220 e. The monoisotopic (exact) mass is 522 g/mol. The van der Waals surface area contributed by atoms with Gasteiger partial charge in [0.25, 0.3) is 0 Å². The molecule has 2 saturated heterocycles. The molecule has 2 fully saturated rings. The number of benzene rings is 1. The highest BCUT2D eigenvalue weighted by Crippen LogP contribution is 2.36. The van der Waals surface area contributed by atoms with Gasteiger partial charge in [-0.3, -0.25) is 4.79 Å². The molecular formula is C22H31IN6O.